The van der Waals surface area contributed by atoms with E-state index >= 15 is 0 Å². The molecule has 1 saturated heterocycles. The highest BCUT2D eigenvalue weighted by molar-refractivity contribution is 5.78. The first-order valence-corrected chi connectivity index (χ1v) is 9.97. The molecule has 4 rings (SSSR count). The van der Waals surface area contributed by atoms with Crippen LogP contribution in [0.5, 0.6) is 5.75 Å². The molecule has 156 valence electrons. The van der Waals surface area contributed by atoms with Crippen molar-refractivity contribution in [1.82, 2.24) is 19.4 Å². The van der Waals surface area contributed by atoms with Crippen LogP contribution >= 0.6 is 0 Å². The minimum Gasteiger partial charge on any atom is -0.508 e. The molecule has 0 radical (unpaired) electrons. The van der Waals surface area contributed by atoms with Crippen molar-refractivity contribution in [3.05, 3.63) is 83.7 Å². The van der Waals surface area contributed by atoms with Gasteiger partial charge in [0.25, 0.3) is 0 Å². The van der Waals surface area contributed by atoms with Gasteiger partial charge in [-0.1, -0.05) is 24.3 Å². The van der Waals surface area contributed by atoms with Crippen LogP contribution in [-0.2, 0) is 24.3 Å². The Labute approximate surface area is 175 Å². The van der Waals surface area contributed by atoms with E-state index in [2.05, 4.69) is 9.88 Å². The average Bonchev–Trinajstić information content (AvgIpc) is 3.12. The molecular formula is C23H25FN4O2. The number of hydrogen-bond donors (Lipinski definition) is 1. The fraction of sp³-hybridized carbons (Fsp3) is 0.304. The van der Waals surface area contributed by atoms with Gasteiger partial charge in [0.15, 0.2) is 0 Å². The Balaban J connectivity index is 1.52. The minimum absolute atomic E-state index is 0.0818. The lowest BCUT2D eigenvalue weighted by atomic mass is 10.0. The molecular weight excluding hydrogens is 383 g/mol. The van der Waals surface area contributed by atoms with Crippen LogP contribution in [0, 0.1) is 5.82 Å². The lowest BCUT2D eigenvalue weighted by molar-refractivity contribution is -0.137. The molecule has 1 amide bonds. The first-order chi connectivity index (χ1) is 14.5. The van der Waals surface area contributed by atoms with E-state index < -0.39 is 0 Å². The standard InChI is InChI=1S/C23H25FN4O2/c1-26-13-20(9-17-4-3-7-22(29)10-17)27(15-23(26)30)14-21-11-25-16-28(21)12-18-5-2-6-19(24)8-18/h2-8,10-11,16,20,29H,9,12-15H2,1H3. The van der Waals surface area contributed by atoms with Crippen molar-refractivity contribution in [1.29, 1.82) is 0 Å². The Morgan fingerprint density at radius 3 is 2.73 bits per heavy atom. The van der Waals surface area contributed by atoms with E-state index in [1.165, 1.54) is 12.1 Å². The van der Waals surface area contributed by atoms with E-state index in [-0.39, 0.29) is 23.5 Å². The number of nitrogens with zero attached hydrogens (tertiary/aromatic N) is 4. The van der Waals surface area contributed by atoms with Crippen LogP contribution in [-0.4, -0.2) is 56.5 Å². The molecule has 0 bridgehead atoms. The first kappa shape index (κ1) is 20.1. The van der Waals surface area contributed by atoms with Crippen LogP contribution in [0.1, 0.15) is 16.8 Å². The van der Waals surface area contributed by atoms with Crippen LogP contribution in [0.4, 0.5) is 4.39 Å². The summed E-state index contributed by atoms with van der Waals surface area (Å²) in [7, 11) is 1.82. The lowest BCUT2D eigenvalue weighted by Crippen LogP contribution is -2.55. The quantitative estimate of drug-likeness (QED) is 0.681. The normalized spacial score (nSPS) is 17.5. The Bertz CT molecular complexity index is 1040. The maximum atomic E-state index is 13.5. The number of piperazine rings is 1. The van der Waals surface area contributed by atoms with Gasteiger partial charge in [-0.15, -0.1) is 0 Å². The molecule has 1 fully saturated rings. The second-order valence-corrected chi connectivity index (χ2v) is 7.85. The maximum absolute atomic E-state index is 13.5. The van der Waals surface area contributed by atoms with E-state index in [0.29, 0.717) is 26.2 Å². The van der Waals surface area contributed by atoms with Crippen molar-refractivity contribution in [3.63, 3.8) is 0 Å². The summed E-state index contributed by atoms with van der Waals surface area (Å²) in [6.45, 7) is 2.03. The zero-order chi connectivity index (χ0) is 21.1. The third kappa shape index (κ3) is 4.68. The summed E-state index contributed by atoms with van der Waals surface area (Å²) in [5.41, 5.74) is 2.86. The summed E-state index contributed by atoms with van der Waals surface area (Å²) in [4.78, 5) is 20.6. The Morgan fingerprint density at radius 1 is 1.13 bits per heavy atom. The Morgan fingerprint density at radius 2 is 1.93 bits per heavy atom. The van der Waals surface area contributed by atoms with E-state index in [4.69, 9.17) is 0 Å². The van der Waals surface area contributed by atoms with Gasteiger partial charge < -0.3 is 14.6 Å². The number of carbonyl (C=O) groups is 1. The molecule has 30 heavy (non-hydrogen) atoms. The lowest BCUT2D eigenvalue weighted by Gasteiger charge is -2.39. The molecule has 6 nitrogen and oxygen atoms in total. The summed E-state index contributed by atoms with van der Waals surface area (Å²) in [6.07, 6.45) is 4.26. The van der Waals surface area contributed by atoms with Crippen molar-refractivity contribution in [2.75, 3.05) is 20.1 Å². The summed E-state index contributed by atoms with van der Waals surface area (Å²) in [6, 6.07) is 13.9. The van der Waals surface area contributed by atoms with Gasteiger partial charge in [0.05, 0.1) is 18.6 Å². The number of amides is 1. The van der Waals surface area contributed by atoms with Crippen molar-refractivity contribution < 1.29 is 14.3 Å². The van der Waals surface area contributed by atoms with Crippen molar-refractivity contribution in [2.24, 2.45) is 0 Å². The summed E-state index contributed by atoms with van der Waals surface area (Å²) >= 11 is 0. The minimum atomic E-state index is -0.259. The van der Waals surface area contributed by atoms with Gasteiger partial charge in [0.2, 0.25) is 5.91 Å². The van der Waals surface area contributed by atoms with E-state index in [0.717, 1.165) is 23.2 Å². The van der Waals surface area contributed by atoms with E-state index in [1.54, 1.807) is 35.6 Å². The molecule has 0 saturated carbocycles. The van der Waals surface area contributed by atoms with Gasteiger partial charge in [-0.3, -0.25) is 9.69 Å². The van der Waals surface area contributed by atoms with Crippen molar-refractivity contribution in [2.45, 2.75) is 25.6 Å². The predicted octanol–water partition coefficient (Wildman–Crippen LogP) is 2.66. The van der Waals surface area contributed by atoms with Crippen LogP contribution in [0.2, 0.25) is 0 Å². The van der Waals surface area contributed by atoms with Crippen LogP contribution in [0.25, 0.3) is 0 Å². The number of aromatic hydroxyl groups is 1. The second-order valence-electron chi connectivity index (χ2n) is 7.85. The molecule has 2 aromatic carbocycles. The van der Waals surface area contributed by atoms with Gasteiger partial charge in [0.1, 0.15) is 11.6 Å². The zero-order valence-electron chi connectivity index (χ0n) is 16.9. The smallest absolute Gasteiger partial charge is 0.236 e. The average molecular weight is 408 g/mol. The van der Waals surface area contributed by atoms with E-state index in [9.17, 15) is 14.3 Å². The zero-order valence-corrected chi connectivity index (χ0v) is 16.9. The Hall–Kier alpha value is -3.19. The molecule has 7 heteroatoms. The fourth-order valence-corrected chi connectivity index (χ4v) is 3.95. The number of imidazole rings is 1. The number of rotatable bonds is 6. The summed E-state index contributed by atoms with van der Waals surface area (Å²) < 4.78 is 15.5. The van der Waals surface area contributed by atoms with Crippen LogP contribution in [0.15, 0.2) is 61.1 Å². The predicted molar refractivity (Wildman–Crippen MR) is 111 cm³/mol. The third-order valence-corrected chi connectivity index (χ3v) is 5.55. The molecule has 0 aliphatic carbocycles. The summed E-state index contributed by atoms with van der Waals surface area (Å²) in [5, 5.41) is 9.79. The molecule has 0 spiro atoms. The van der Waals surface area contributed by atoms with Gasteiger partial charge in [0, 0.05) is 38.9 Å². The number of benzene rings is 2. The number of aromatic nitrogens is 2. The topological polar surface area (TPSA) is 61.6 Å². The maximum Gasteiger partial charge on any atom is 0.236 e. The fourth-order valence-electron chi connectivity index (χ4n) is 3.95. The molecule has 1 aliphatic rings. The summed E-state index contributed by atoms with van der Waals surface area (Å²) in [5.74, 6) is 0.0656. The molecule has 1 aliphatic heterocycles. The number of carbonyl (C=O) groups excluding carboxylic acids is 1. The second kappa shape index (κ2) is 8.67. The highest BCUT2D eigenvalue weighted by Gasteiger charge is 2.30. The van der Waals surface area contributed by atoms with Gasteiger partial charge in [-0.05, 0) is 41.8 Å². The molecule has 2 heterocycles. The molecule has 1 aromatic heterocycles. The number of halogens is 1. The molecule has 1 N–H and O–H groups in total. The molecule has 1 unspecified atom stereocenters. The Kier molecular flexibility index (Phi) is 5.81. The third-order valence-electron chi connectivity index (χ3n) is 5.55. The number of likely N-dealkylation sites (N-methyl/N-ethyl adjacent to an activating group) is 1. The van der Waals surface area contributed by atoms with Crippen LogP contribution < -0.4 is 0 Å². The number of phenolic OH excluding ortho intramolecular Hbond substituents is 1. The molecule has 1 atom stereocenters. The van der Waals surface area contributed by atoms with Gasteiger partial charge >= 0.3 is 0 Å². The highest BCUT2D eigenvalue weighted by Crippen LogP contribution is 2.20. The van der Waals surface area contributed by atoms with Crippen molar-refractivity contribution >= 4 is 5.91 Å². The highest BCUT2D eigenvalue weighted by atomic mass is 19.1. The SMILES string of the molecule is CN1CC(Cc2cccc(O)c2)N(Cc2cncn2Cc2cccc(F)c2)CC1=O. The molecule has 3 aromatic rings. The van der Waals surface area contributed by atoms with Gasteiger partial charge in [-0.2, -0.15) is 0 Å². The number of hydrogen-bond acceptors (Lipinski definition) is 4. The number of phenols is 1. The van der Waals surface area contributed by atoms with E-state index in [1.807, 2.05) is 29.8 Å². The largest absolute Gasteiger partial charge is 0.508 e. The van der Waals surface area contributed by atoms with Crippen molar-refractivity contribution in [3.8, 4) is 5.75 Å². The first-order valence-electron chi connectivity index (χ1n) is 9.97. The van der Waals surface area contributed by atoms with Gasteiger partial charge in [-0.25, -0.2) is 9.37 Å². The monoisotopic (exact) mass is 408 g/mol. The van der Waals surface area contributed by atoms with Crippen LogP contribution in [0.3, 0.4) is 0 Å².